The molecule has 2 aliphatic heterocycles. The van der Waals surface area contributed by atoms with E-state index in [0.717, 1.165) is 31.7 Å². The Hall–Kier alpha value is -1.76. The lowest BCUT2D eigenvalue weighted by Crippen LogP contribution is -2.38. The molecule has 1 amide bonds. The maximum Gasteiger partial charge on any atom is 0.410 e. The van der Waals surface area contributed by atoms with Crippen LogP contribution in [0.5, 0.6) is 0 Å². The van der Waals surface area contributed by atoms with Crippen molar-refractivity contribution in [3.63, 3.8) is 0 Å². The van der Waals surface area contributed by atoms with Crippen LogP contribution in [0.25, 0.3) is 0 Å². The summed E-state index contributed by atoms with van der Waals surface area (Å²) >= 11 is 6.18. The van der Waals surface area contributed by atoms with Crippen LogP contribution < -0.4 is 10.2 Å². The predicted octanol–water partition coefficient (Wildman–Crippen LogP) is 2.76. The fourth-order valence-electron chi connectivity index (χ4n) is 2.73. The number of nitrogens with one attached hydrogen (secondary N) is 1. The minimum absolute atomic E-state index is 0.114. The van der Waals surface area contributed by atoms with Gasteiger partial charge in [0, 0.05) is 32.2 Å². The van der Waals surface area contributed by atoms with Gasteiger partial charge in [-0.1, -0.05) is 11.6 Å². The first-order valence-electron chi connectivity index (χ1n) is 8.34. The summed E-state index contributed by atoms with van der Waals surface area (Å²) in [4.78, 5) is 24.7. The lowest BCUT2D eigenvalue weighted by atomic mass is 10.2. The molecule has 7 nitrogen and oxygen atoms in total. The molecule has 0 unspecified atom stereocenters. The highest BCUT2D eigenvalue weighted by Gasteiger charge is 2.30. The normalized spacial score (nSPS) is 20.8. The summed E-state index contributed by atoms with van der Waals surface area (Å²) in [5.74, 6) is 1.33. The van der Waals surface area contributed by atoms with Crippen molar-refractivity contribution in [2.75, 3.05) is 36.4 Å². The summed E-state index contributed by atoms with van der Waals surface area (Å²) < 4.78 is 5.41. The Bertz CT molecular complexity index is 615. The van der Waals surface area contributed by atoms with E-state index in [1.165, 1.54) is 0 Å². The van der Waals surface area contributed by atoms with Crippen LogP contribution in [-0.4, -0.2) is 58.8 Å². The van der Waals surface area contributed by atoms with Gasteiger partial charge in [0.05, 0.1) is 6.20 Å². The van der Waals surface area contributed by atoms with Crippen LogP contribution in [-0.2, 0) is 4.74 Å². The number of anilines is 2. The SMILES string of the molecule is CC(C)(C)OC(=O)N1CC[C@@H](Nc2ncc(Cl)c(N3CCC3)n2)C1. The van der Waals surface area contributed by atoms with Crippen molar-refractivity contribution in [3.8, 4) is 0 Å². The molecular formula is C16H24ClN5O2. The fourth-order valence-corrected chi connectivity index (χ4v) is 2.94. The van der Waals surface area contributed by atoms with Crippen LogP contribution in [0.1, 0.15) is 33.6 Å². The Morgan fingerprint density at radius 1 is 1.38 bits per heavy atom. The highest BCUT2D eigenvalue weighted by Crippen LogP contribution is 2.27. The Labute approximate surface area is 147 Å². The summed E-state index contributed by atoms with van der Waals surface area (Å²) in [6.07, 6.45) is 3.36. The van der Waals surface area contributed by atoms with E-state index in [-0.39, 0.29) is 12.1 Å². The first-order chi connectivity index (χ1) is 11.3. The highest BCUT2D eigenvalue weighted by atomic mass is 35.5. The first-order valence-corrected chi connectivity index (χ1v) is 8.71. The van der Waals surface area contributed by atoms with Crippen molar-refractivity contribution in [2.45, 2.75) is 45.3 Å². The van der Waals surface area contributed by atoms with Crippen LogP contribution in [0.4, 0.5) is 16.6 Å². The molecule has 3 rings (SSSR count). The third kappa shape index (κ3) is 4.01. The summed E-state index contributed by atoms with van der Waals surface area (Å²) in [7, 11) is 0. The average molecular weight is 354 g/mol. The molecule has 3 heterocycles. The molecule has 1 aromatic heterocycles. The van der Waals surface area contributed by atoms with Gasteiger partial charge in [-0.15, -0.1) is 0 Å². The Morgan fingerprint density at radius 3 is 2.75 bits per heavy atom. The van der Waals surface area contributed by atoms with Crippen molar-refractivity contribution < 1.29 is 9.53 Å². The van der Waals surface area contributed by atoms with E-state index in [1.807, 2.05) is 20.8 Å². The van der Waals surface area contributed by atoms with E-state index in [0.29, 0.717) is 24.1 Å². The standard InChI is InChI=1S/C16H24ClN5O2/c1-16(2,3)24-15(23)22-8-5-11(10-22)19-14-18-9-12(17)13(20-14)21-6-4-7-21/h9,11H,4-8,10H2,1-3H3,(H,18,19,20)/t11-/m1/s1. The Kier molecular flexibility index (Phi) is 4.71. The van der Waals surface area contributed by atoms with Gasteiger partial charge in [-0.05, 0) is 33.6 Å². The quantitative estimate of drug-likeness (QED) is 0.901. The summed E-state index contributed by atoms with van der Waals surface area (Å²) in [5, 5.41) is 3.87. The fraction of sp³-hybridized carbons (Fsp3) is 0.688. The lowest BCUT2D eigenvalue weighted by Gasteiger charge is -2.32. The molecule has 2 aliphatic rings. The Balaban J connectivity index is 1.58. The second-order valence-electron chi connectivity index (χ2n) is 7.26. The van der Waals surface area contributed by atoms with Gasteiger partial charge in [0.2, 0.25) is 5.95 Å². The van der Waals surface area contributed by atoms with Gasteiger partial charge in [0.15, 0.2) is 5.82 Å². The van der Waals surface area contributed by atoms with Crippen LogP contribution >= 0.6 is 11.6 Å². The van der Waals surface area contributed by atoms with E-state index in [1.54, 1.807) is 11.1 Å². The number of aromatic nitrogens is 2. The number of amides is 1. The van der Waals surface area contributed by atoms with Gasteiger partial charge >= 0.3 is 6.09 Å². The molecular weight excluding hydrogens is 330 g/mol. The zero-order valence-corrected chi connectivity index (χ0v) is 15.1. The van der Waals surface area contributed by atoms with Crippen molar-refractivity contribution in [1.82, 2.24) is 14.9 Å². The lowest BCUT2D eigenvalue weighted by molar-refractivity contribution is 0.0293. The zero-order valence-electron chi connectivity index (χ0n) is 14.4. The van der Waals surface area contributed by atoms with E-state index < -0.39 is 5.60 Å². The first kappa shape index (κ1) is 17.1. The third-order valence-electron chi connectivity index (χ3n) is 4.05. The monoisotopic (exact) mass is 353 g/mol. The van der Waals surface area contributed by atoms with Gasteiger partial charge < -0.3 is 19.9 Å². The molecule has 0 aliphatic carbocycles. The third-order valence-corrected chi connectivity index (χ3v) is 4.32. The topological polar surface area (TPSA) is 70.6 Å². The average Bonchev–Trinajstić information content (AvgIpc) is 2.87. The van der Waals surface area contributed by atoms with E-state index in [9.17, 15) is 4.79 Å². The van der Waals surface area contributed by atoms with E-state index >= 15 is 0 Å². The molecule has 132 valence electrons. The van der Waals surface area contributed by atoms with E-state index in [2.05, 4.69) is 20.2 Å². The number of carbonyl (C=O) groups is 1. The van der Waals surface area contributed by atoms with E-state index in [4.69, 9.17) is 16.3 Å². The molecule has 0 radical (unpaired) electrons. The van der Waals surface area contributed by atoms with Crippen LogP contribution in [0.15, 0.2) is 6.20 Å². The number of hydrogen-bond donors (Lipinski definition) is 1. The van der Waals surface area contributed by atoms with Crippen molar-refractivity contribution in [2.24, 2.45) is 0 Å². The maximum absolute atomic E-state index is 12.1. The molecule has 1 aromatic rings. The Morgan fingerprint density at radius 2 is 2.12 bits per heavy atom. The predicted molar refractivity (Wildman–Crippen MR) is 93.7 cm³/mol. The molecule has 1 N–H and O–H groups in total. The maximum atomic E-state index is 12.1. The van der Waals surface area contributed by atoms with Gasteiger partial charge in [0.1, 0.15) is 10.6 Å². The van der Waals surface area contributed by atoms with Gasteiger partial charge in [-0.2, -0.15) is 4.98 Å². The molecule has 2 saturated heterocycles. The molecule has 2 fully saturated rings. The molecule has 0 aromatic carbocycles. The number of nitrogens with zero attached hydrogens (tertiary/aromatic N) is 4. The molecule has 0 bridgehead atoms. The van der Waals surface area contributed by atoms with Crippen molar-refractivity contribution in [3.05, 3.63) is 11.2 Å². The second kappa shape index (κ2) is 6.63. The number of carbonyl (C=O) groups excluding carboxylic acids is 1. The van der Waals surface area contributed by atoms with Crippen LogP contribution in [0.3, 0.4) is 0 Å². The van der Waals surface area contributed by atoms with Gasteiger partial charge in [-0.3, -0.25) is 0 Å². The van der Waals surface area contributed by atoms with Gasteiger partial charge in [-0.25, -0.2) is 9.78 Å². The molecule has 8 heteroatoms. The van der Waals surface area contributed by atoms with Crippen molar-refractivity contribution >= 4 is 29.5 Å². The number of hydrogen-bond acceptors (Lipinski definition) is 6. The van der Waals surface area contributed by atoms with Crippen molar-refractivity contribution in [1.29, 1.82) is 0 Å². The second-order valence-corrected chi connectivity index (χ2v) is 7.67. The minimum Gasteiger partial charge on any atom is -0.444 e. The summed E-state index contributed by atoms with van der Waals surface area (Å²) in [5.41, 5.74) is -0.478. The molecule has 0 spiro atoms. The number of rotatable bonds is 3. The largest absolute Gasteiger partial charge is 0.444 e. The summed E-state index contributed by atoms with van der Waals surface area (Å²) in [6.45, 7) is 8.82. The number of halogens is 1. The van der Waals surface area contributed by atoms with Gasteiger partial charge in [0.25, 0.3) is 0 Å². The smallest absolute Gasteiger partial charge is 0.410 e. The molecule has 24 heavy (non-hydrogen) atoms. The number of likely N-dealkylation sites (tertiary alicyclic amines) is 1. The van der Waals surface area contributed by atoms with Crippen LogP contribution in [0, 0.1) is 0 Å². The number of ether oxygens (including phenoxy) is 1. The molecule has 1 atom stereocenters. The molecule has 0 saturated carbocycles. The highest BCUT2D eigenvalue weighted by molar-refractivity contribution is 6.32. The van der Waals surface area contributed by atoms with Crippen LogP contribution in [0.2, 0.25) is 5.02 Å². The zero-order chi connectivity index (χ0) is 17.3. The summed E-state index contributed by atoms with van der Waals surface area (Å²) in [6, 6.07) is 0.114. The minimum atomic E-state index is -0.478.